The predicted molar refractivity (Wildman–Crippen MR) is 79.7 cm³/mol. The second-order valence-electron chi connectivity index (χ2n) is 5.38. The molecular weight excluding hydrogens is 280 g/mol. The van der Waals surface area contributed by atoms with Crippen molar-refractivity contribution < 1.29 is 8.42 Å². The molecule has 0 aliphatic heterocycles. The van der Waals surface area contributed by atoms with Crippen LogP contribution in [0.4, 0.5) is 0 Å². The Balaban J connectivity index is 2.33. The van der Waals surface area contributed by atoms with E-state index in [9.17, 15) is 8.42 Å². The number of thiocarbonyl (C=S) groups is 1. The van der Waals surface area contributed by atoms with E-state index in [1.165, 1.54) is 5.56 Å². The van der Waals surface area contributed by atoms with Gasteiger partial charge in [0.1, 0.15) is 0 Å². The number of fused-ring (bicyclic) bond motifs is 1. The maximum absolute atomic E-state index is 12.3. The first-order chi connectivity index (χ1) is 8.72. The van der Waals surface area contributed by atoms with Gasteiger partial charge in [-0.1, -0.05) is 18.3 Å². The third-order valence-electron chi connectivity index (χ3n) is 3.39. The summed E-state index contributed by atoms with van der Waals surface area (Å²) in [5, 5.41) is 0. The minimum atomic E-state index is -3.60. The molecule has 3 N–H and O–H groups in total. The van der Waals surface area contributed by atoms with E-state index in [2.05, 4.69) is 4.72 Å². The first kappa shape index (κ1) is 14.4. The average molecular weight is 298 g/mol. The molecule has 1 aromatic carbocycles. The largest absolute Gasteiger partial charge is 0.392 e. The number of hydrogen-bond acceptors (Lipinski definition) is 3. The first-order valence-electron chi connectivity index (χ1n) is 6.18. The topological polar surface area (TPSA) is 72.2 Å². The SMILES string of the molecule is CC(C)(NS(=O)(=O)c1ccc2c(c1)CCC2)C(N)=S. The van der Waals surface area contributed by atoms with Gasteiger partial charge in [0.2, 0.25) is 10.0 Å². The van der Waals surface area contributed by atoms with Crippen LogP contribution in [0, 0.1) is 0 Å². The van der Waals surface area contributed by atoms with Gasteiger partial charge in [-0.3, -0.25) is 0 Å². The summed E-state index contributed by atoms with van der Waals surface area (Å²) in [6.45, 7) is 3.31. The highest BCUT2D eigenvalue weighted by Gasteiger charge is 2.29. The highest BCUT2D eigenvalue weighted by atomic mass is 32.2. The average Bonchev–Trinajstić information content (AvgIpc) is 2.73. The third-order valence-corrected chi connectivity index (χ3v) is 5.55. The highest BCUT2D eigenvalue weighted by molar-refractivity contribution is 7.89. The molecule has 0 saturated carbocycles. The Morgan fingerprint density at radius 1 is 1.32 bits per heavy atom. The van der Waals surface area contributed by atoms with Crippen LogP contribution in [0.25, 0.3) is 0 Å². The van der Waals surface area contributed by atoms with Gasteiger partial charge in [-0.05, 0) is 56.4 Å². The Morgan fingerprint density at radius 2 is 1.95 bits per heavy atom. The smallest absolute Gasteiger partial charge is 0.241 e. The summed E-state index contributed by atoms with van der Waals surface area (Å²) in [5.41, 5.74) is 6.98. The molecule has 2 rings (SSSR count). The van der Waals surface area contributed by atoms with E-state index >= 15 is 0 Å². The van der Waals surface area contributed by atoms with Crippen molar-refractivity contribution in [3.05, 3.63) is 29.3 Å². The molecule has 1 aliphatic carbocycles. The normalized spacial score (nSPS) is 15.3. The zero-order chi connectivity index (χ0) is 14.3. The fraction of sp³-hybridized carbons (Fsp3) is 0.462. The van der Waals surface area contributed by atoms with E-state index in [0.29, 0.717) is 0 Å². The Morgan fingerprint density at radius 3 is 2.58 bits per heavy atom. The van der Waals surface area contributed by atoms with Crippen LogP contribution in [0.3, 0.4) is 0 Å². The highest BCUT2D eigenvalue weighted by Crippen LogP contribution is 2.25. The molecule has 4 nitrogen and oxygen atoms in total. The van der Waals surface area contributed by atoms with E-state index in [4.69, 9.17) is 18.0 Å². The number of hydrogen-bond donors (Lipinski definition) is 2. The Kier molecular flexibility index (Phi) is 3.68. The van der Waals surface area contributed by atoms with Gasteiger partial charge in [0.05, 0.1) is 15.4 Å². The van der Waals surface area contributed by atoms with Crippen LogP contribution in [0.1, 0.15) is 31.4 Å². The quantitative estimate of drug-likeness (QED) is 0.827. The molecule has 0 saturated heterocycles. The van der Waals surface area contributed by atoms with Gasteiger partial charge in [0.25, 0.3) is 0 Å². The molecule has 0 unspecified atom stereocenters. The second kappa shape index (κ2) is 4.85. The summed E-state index contributed by atoms with van der Waals surface area (Å²) in [7, 11) is -3.60. The monoisotopic (exact) mass is 298 g/mol. The van der Waals surface area contributed by atoms with Gasteiger partial charge < -0.3 is 5.73 Å². The van der Waals surface area contributed by atoms with Crippen LogP contribution < -0.4 is 10.5 Å². The molecule has 0 heterocycles. The zero-order valence-electron chi connectivity index (χ0n) is 11.1. The summed E-state index contributed by atoms with van der Waals surface area (Å²) in [6.07, 6.45) is 3.06. The van der Waals surface area contributed by atoms with E-state index in [1.54, 1.807) is 26.0 Å². The second-order valence-corrected chi connectivity index (χ2v) is 7.50. The Bertz CT molecular complexity index is 622. The lowest BCUT2D eigenvalue weighted by Gasteiger charge is -2.24. The van der Waals surface area contributed by atoms with Crippen molar-refractivity contribution in [2.24, 2.45) is 5.73 Å². The number of nitrogens with two attached hydrogens (primary N) is 1. The van der Waals surface area contributed by atoms with Gasteiger partial charge in [-0.15, -0.1) is 0 Å². The summed E-state index contributed by atoms with van der Waals surface area (Å²) in [4.78, 5) is 0.398. The van der Waals surface area contributed by atoms with Crippen molar-refractivity contribution in [3.8, 4) is 0 Å². The molecule has 19 heavy (non-hydrogen) atoms. The maximum atomic E-state index is 12.3. The lowest BCUT2D eigenvalue weighted by atomic mass is 10.1. The summed E-state index contributed by atoms with van der Waals surface area (Å²) in [5.74, 6) is 0. The zero-order valence-corrected chi connectivity index (χ0v) is 12.7. The number of sulfonamides is 1. The van der Waals surface area contributed by atoms with Crippen molar-refractivity contribution in [3.63, 3.8) is 0 Å². The Hall–Kier alpha value is -0.980. The lowest BCUT2D eigenvalue weighted by Crippen LogP contribution is -2.51. The first-order valence-corrected chi connectivity index (χ1v) is 8.07. The van der Waals surface area contributed by atoms with Crippen molar-refractivity contribution in [1.82, 2.24) is 4.72 Å². The van der Waals surface area contributed by atoms with Crippen LogP contribution in [-0.4, -0.2) is 18.9 Å². The minimum absolute atomic E-state index is 0.122. The van der Waals surface area contributed by atoms with Gasteiger partial charge in [0.15, 0.2) is 0 Å². The summed E-state index contributed by atoms with van der Waals surface area (Å²) in [6, 6.07) is 5.28. The molecule has 0 bridgehead atoms. The summed E-state index contributed by atoms with van der Waals surface area (Å²) < 4.78 is 27.2. The fourth-order valence-corrected chi connectivity index (χ4v) is 3.72. The molecule has 0 aromatic heterocycles. The van der Waals surface area contributed by atoms with Crippen molar-refractivity contribution >= 4 is 27.2 Å². The van der Waals surface area contributed by atoms with Crippen molar-refractivity contribution in [1.29, 1.82) is 0 Å². The molecule has 0 spiro atoms. The molecule has 0 radical (unpaired) electrons. The molecule has 0 fully saturated rings. The maximum Gasteiger partial charge on any atom is 0.241 e. The predicted octanol–water partition coefficient (Wildman–Crippen LogP) is 1.52. The number of aryl methyl sites for hydroxylation is 2. The van der Waals surface area contributed by atoms with Gasteiger partial charge in [0, 0.05) is 0 Å². The van der Waals surface area contributed by atoms with Crippen LogP contribution >= 0.6 is 12.2 Å². The third kappa shape index (κ3) is 2.96. The van der Waals surface area contributed by atoms with Crippen molar-refractivity contribution in [2.45, 2.75) is 43.5 Å². The van der Waals surface area contributed by atoms with E-state index in [1.807, 2.05) is 6.07 Å². The molecule has 0 atom stereocenters. The molecular formula is C13H18N2O2S2. The van der Waals surface area contributed by atoms with E-state index in [-0.39, 0.29) is 9.88 Å². The fourth-order valence-electron chi connectivity index (χ4n) is 2.16. The van der Waals surface area contributed by atoms with E-state index in [0.717, 1.165) is 24.8 Å². The van der Waals surface area contributed by atoms with Crippen LogP contribution in [0.5, 0.6) is 0 Å². The molecule has 0 amide bonds. The van der Waals surface area contributed by atoms with Crippen LogP contribution in [0.15, 0.2) is 23.1 Å². The van der Waals surface area contributed by atoms with Crippen molar-refractivity contribution in [2.75, 3.05) is 0 Å². The molecule has 104 valence electrons. The van der Waals surface area contributed by atoms with Gasteiger partial charge in [-0.2, -0.15) is 4.72 Å². The number of nitrogens with one attached hydrogen (secondary N) is 1. The Labute approximate surface area is 119 Å². The number of benzene rings is 1. The lowest BCUT2D eigenvalue weighted by molar-refractivity contribution is 0.546. The van der Waals surface area contributed by atoms with E-state index < -0.39 is 15.6 Å². The molecule has 1 aromatic rings. The molecule has 6 heteroatoms. The molecule has 1 aliphatic rings. The van der Waals surface area contributed by atoms with Crippen LogP contribution in [0.2, 0.25) is 0 Å². The minimum Gasteiger partial charge on any atom is -0.392 e. The number of rotatable bonds is 4. The van der Waals surface area contributed by atoms with Gasteiger partial charge in [-0.25, -0.2) is 8.42 Å². The standard InChI is InChI=1S/C13H18N2O2S2/c1-13(2,12(14)18)15-19(16,17)11-7-6-9-4-3-5-10(9)8-11/h6-8,15H,3-5H2,1-2H3,(H2,14,18). The summed E-state index contributed by atoms with van der Waals surface area (Å²) >= 11 is 4.88. The van der Waals surface area contributed by atoms with Gasteiger partial charge >= 0.3 is 0 Å². The van der Waals surface area contributed by atoms with Crippen LogP contribution in [-0.2, 0) is 22.9 Å².